The molecule has 0 aliphatic carbocycles. The summed E-state index contributed by atoms with van der Waals surface area (Å²) in [5, 5.41) is 14.4. The average molecular weight is 426 g/mol. The maximum Gasteiger partial charge on any atom is 0.237 e. The molecule has 6 nitrogen and oxygen atoms in total. The van der Waals surface area contributed by atoms with Crippen molar-refractivity contribution in [3.63, 3.8) is 0 Å². The second-order valence-corrected chi connectivity index (χ2v) is 7.90. The predicted molar refractivity (Wildman–Crippen MR) is 114 cm³/mol. The molecule has 0 bridgehead atoms. The second-order valence-electron chi connectivity index (χ2n) is 6.52. The van der Waals surface area contributed by atoms with E-state index in [9.17, 15) is 0 Å². The molecule has 4 rings (SSSR count). The van der Waals surface area contributed by atoms with Crippen molar-refractivity contribution in [1.29, 1.82) is 0 Å². The van der Waals surface area contributed by atoms with Crippen molar-refractivity contribution < 1.29 is 4.52 Å². The lowest BCUT2D eigenvalue weighted by Gasteiger charge is -2.08. The van der Waals surface area contributed by atoms with Crippen molar-refractivity contribution >= 4 is 23.4 Å². The van der Waals surface area contributed by atoms with Crippen molar-refractivity contribution in [2.24, 2.45) is 0 Å². The standard InChI is InChI=1S/C21H20ClN5OS/c1-2-12-27-20(16-8-10-17(22)11-9-16)24-25-21(27)29-14-19-23-18(26-28-19)13-15-6-4-3-5-7-15/h3-11H,2,12-14H2,1H3. The maximum absolute atomic E-state index is 6.01. The first-order valence-electron chi connectivity index (χ1n) is 9.40. The summed E-state index contributed by atoms with van der Waals surface area (Å²) in [5.74, 6) is 2.65. The van der Waals surface area contributed by atoms with Crippen molar-refractivity contribution in [2.45, 2.75) is 37.2 Å². The molecule has 0 N–H and O–H groups in total. The third kappa shape index (κ3) is 4.86. The van der Waals surface area contributed by atoms with E-state index < -0.39 is 0 Å². The number of benzene rings is 2. The summed E-state index contributed by atoms with van der Waals surface area (Å²) in [6.07, 6.45) is 1.63. The Kier molecular flexibility index (Phi) is 6.27. The fourth-order valence-electron chi connectivity index (χ4n) is 2.96. The first kappa shape index (κ1) is 19.7. The van der Waals surface area contributed by atoms with Gasteiger partial charge in [0.25, 0.3) is 0 Å². The number of hydrogen-bond donors (Lipinski definition) is 0. The quantitative estimate of drug-likeness (QED) is 0.358. The molecule has 0 fully saturated rings. The SMILES string of the molecule is CCCn1c(SCc2nc(Cc3ccccc3)no2)nnc1-c1ccc(Cl)cc1. The van der Waals surface area contributed by atoms with Crippen LogP contribution in [0.25, 0.3) is 11.4 Å². The number of rotatable bonds is 8. The van der Waals surface area contributed by atoms with Crippen LogP contribution in [0.5, 0.6) is 0 Å². The normalized spacial score (nSPS) is 11.1. The Morgan fingerprint density at radius 3 is 2.59 bits per heavy atom. The molecule has 148 valence electrons. The highest BCUT2D eigenvalue weighted by molar-refractivity contribution is 7.98. The summed E-state index contributed by atoms with van der Waals surface area (Å²) in [5.41, 5.74) is 2.15. The second kappa shape index (κ2) is 9.24. The van der Waals surface area contributed by atoms with Gasteiger partial charge in [0.15, 0.2) is 16.8 Å². The lowest BCUT2D eigenvalue weighted by atomic mass is 10.1. The molecule has 29 heavy (non-hydrogen) atoms. The van der Waals surface area contributed by atoms with Crippen LogP contribution in [0.15, 0.2) is 64.3 Å². The number of aromatic nitrogens is 5. The lowest BCUT2D eigenvalue weighted by molar-refractivity contribution is 0.385. The van der Waals surface area contributed by atoms with Crippen LogP contribution in [-0.4, -0.2) is 24.9 Å². The zero-order chi connectivity index (χ0) is 20.1. The molecule has 0 atom stereocenters. The predicted octanol–water partition coefficient (Wildman–Crippen LogP) is 5.27. The van der Waals surface area contributed by atoms with Gasteiger partial charge in [0, 0.05) is 23.6 Å². The summed E-state index contributed by atoms with van der Waals surface area (Å²) in [4.78, 5) is 4.50. The van der Waals surface area contributed by atoms with Gasteiger partial charge in [-0.15, -0.1) is 10.2 Å². The van der Waals surface area contributed by atoms with Gasteiger partial charge in [-0.1, -0.05) is 65.8 Å². The number of nitrogens with zero attached hydrogens (tertiary/aromatic N) is 5. The Hall–Kier alpha value is -2.64. The first-order chi connectivity index (χ1) is 14.2. The van der Waals surface area contributed by atoms with Gasteiger partial charge in [-0.05, 0) is 36.2 Å². The van der Waals surface area contributed by atoms with Crippen LogP contribution in [0, 0.1) is 0 Å². The highest BCUT2D eigenvalue weighted by Crippen LogP contribution is 2.27. The van der Waals surface area contributed by atoms with E-state index in [1.807, 2.05) is 42.5 Å². The monoisotopic (exact) mass is 425 g/mol. The topological polar surface area (TPSA) is 69.6 Å². The average Bonchev–Trinajstić information content (AvgIpc) is 3.35. The molecule has 0 spiro atoms. The molecule has 0 aliphatic rings. The van der Waals surface area contributed by atoms with E-state index >= 15 is 0 Å². The Morgan fingerprint density at radius 2 is 1.83 bits per heavy atom. The van der Waals surface area contributed by atoms with Crippen LogP contribution < -0.4 is 0 Å². The lowest BCUT2D eigenvalue weighted by Crippen LogP contribution is -2.02. The van der Waals surface area contributed by atoms with Crippen LogP contribution >= 0.6 is 23.4 Å². The van der Waals surface area contributed by atoms with E-state index in [1.54, 1.807) is 11.8 Å². The molecule has 2 heterocycles. The molecule has 2 aromatic carbocycles. The largest absolute Gasteiger partial charge is 0.338 e. The summed E-state index contributed by atoms with van der Waals surface area (Å²) in [6.45, 7) is 2.96. The van der Waals surface area contributed by atoms with Gasteiger partial charge in [-0.25, -0.2) is 0 Å². The van der Waals surface area contributed by atoms with E-state index in [4.69, 9.17) is 16.1 Å². The van der Waals surface area contributed by atoms with E-state index in [2.05, 4.69) is 44.0 Å². The van der Waals surface area contributed by atoms with Crippen molar-refractivity contribution in [2.75, 3.05) is 0 Å². The van der Waals surface area contributed by atoms with Gasteiger partial charge in [0.2, 0.25) is 5.89 Å². The van der Waals surface area contributed by atoms with E-state index in [0.717, 1.165) is 35.1 Å². The van der Waals surface area contributed by atoms with Crippen LogP contribution in [0.4, 0.5) is 0 Å². The molecule has 0 aliphatic heterocycles. The van der Waals surface area contributed by atoms with E-state index in [-0.39, 0.29) is 0 Å². The molecule has 0 amide bonds. The molecule has 0 saturated carbocycles. The third-order valence-corrected chi connectivity index (χ3v) is 5.51. The summed E-state index contributed by atoms with van der Waals surface area (Å²) >= 11 is 7.55. The first-order valence-corrected chi connectivity index (χ1v) is 10.8. The van der Waals surface area contributed by atoms with Crippen LogP contribution in [-0.2, 0) is 18.7 Å². The van der Waals surface area contributed by atoms with E-state index in [1.165, 1.54) is 0 Å². The Balaban J connectivity index is 1.46. The van der Waals surface area contributed by atoms with Gasteiger partial charge >= 0.3 is 0 Å². The van der Waals surface area contributed by atoms with Gasteiger partial charge in [0.1, 0.15) is 0 Å². The summed E-state index contributed by atoms with van der Waals surface area (Å²) in [7, 11) is 0. The highest BCUT2D eigenvalue weighted by Gasteiger charge is 2.16. The molecular formula is C21H20ClN5OS. The fraction of sp³-hybridized carbons (Fsp3) is 0.238. The number of halogens is 1. The van der Waals surface area contributed by atoms with Gasteiger partial charge < -0.3 is 9.09 Å². The smallest absolute Gasteiger partial charge is 0.237 e. The zero-order valence-corrected chi connectivity index (χ0v) is 17.5. The van der Waals surface area contributed by atoms with Crippen molar-refractivity contribution in [3.05, 3.63) is 76.9 Å². The Bertz CT molecular complexity index is 1060. The molecule has 8 heteroatoms. The summed E-state index contributed by atoms with van der Waals surface area (Å²) < 4.78 is 7.53. The third-order valence-electron chi connectivity index (χ3n) is 4.31. The number of thioether (sulfide) groups is 1. The van der Waals surface area contributed by atoms with Crippen LogP contribution in [0.3, 0.4) is 0 Å². The summed E-state index contributed by atoms with van der Waals surface area (Å²) in [6, 6.07) is 17.7. The maximum atomic E-state index is 6.01. The van der Waals surface area contributed by atoms with E-state index in [0.29, 0.717) is 28.9 Å². The van der Waals surface area contributed by atoms with Gasteiger partial charge in [0.05, 0.1) is 5.75 Å². The highest BCUT2D eigenvalue weighted by atomic mass is 35.5. The van der Waals surface area contributed by atoms with Gasteiger partial charge in [-0.3, -0.25) is 0 Å². The zero-order valence-electron chi connectivity index (χ0n) is 16.0. The van der Waals surface area contributed by atoms with Crippen LogP contribution in [0.2, 0.25) is 5.02 Å². The molecule has 2 aromatic heterocycles. The molecule has 4 aromatic rings. The molecule has 0 unspecified atom stereocenters. The van der Waals surface area contributed by atoms with Gasteiger partial charge in [-0.2, -0.15) is 4.98 Å². The molecule has 0 radical (unpaired) electrons. The minimum absolute atomic E-state index is 0.546. The minimum Gasteiger partial charge on any atom is -0.338 e. The Morgan fingerprint density at radius 1 is 1.03 bits per heavy atom. The fourth-order valence-corrected chi connectivity index (χ4v) is 3.89. The minimum atomic E-state index is 0.546. The number of hydrogen-bond acceptors (Lipinski definition) is 6. The Labute approximate surface area is 178 Å². The molecule has 0 saturated heterocycles. The van der Waals surface area contributed by atoms with Crippen molar-refractivity contribution in [3.8, 4) is 11.4 Å². The van der Waals surface area contributed by atoms with Crippen LogP contribution in [0.1, 0.15) is 30.6 Å². The van der Waals surface area contributed by atoms with Crippen molar-refractivity contribution in [1.82, 2.24) is 24.9 Å². The molecular weight excluding hydrogens is 406 g/mol.